The molecule has 15 heavy (non-hydrogen) atoms. The van der Waals surface area contributed by atoms with Crippen LogP contribution in [0.1, 0.15) is 5.56 Å². The van der Waals surface area contributed by atoms with Crippen molar-refractivity contribution >= 4 is 16.0 Å². The van der Waals surface area contributed by atoms with E-state index < -0.39 is 9.84 Å². The minimum atomic E-state index is -2.88. The summed E-state index contributed by atoms with van der Waals surface area (Å²) in [5, 5.41) is 7.03. The number of aromatic nitrogens is 2. The standard InChI is InChI=1S/C9H15N3O2S/c1-3-12-8-9(7-11-12)6-10-4-5-15(2,13)14/h3,7-8,10H,1,4-6H2,2H3. The Kier molecular flexibility index (Phi) is 4.05. The smallest absolute Gasteiger partial charge is 0.148 e. The van der Waals surface area contributed by atoms with E-state index in [1.54, 1.807) is 17.1 Å². The van der Waals surface area contributed by atoms with Gasteiger partial charge in [0.15, 0.2) is 0 Å². The van der Waals surface area contributed by atoms with Gasteiger partial charge in [0, 0.05) is 37.3 Å². The van der Waals surface area contributed by atoms with Gasteiger partial charge in [0.2, 0.25) is 0 Å². The fraction of sp³-hybridized carbons (Fsp3) is 0.444. The molecule has 5 nitrogen and oxygen atoms in total. The second kappa shape index (κ2) is 5.09. The molecule has 0 amide bonds. The van der Waals surface area contributed by atoms with Gasteiger partial charge in [-0.1, -0.05) is 6.58 Å². The zero-order chi connectivity index (χ0) is 11.3. The average Bonchev–Trinajstić information content (AvgIpc) is 2.59. The van der Waals surface area contributed by atoms with Crippen LogP contribution in [0.4, 0.5) is 0 Å². The fourth-order valence-electron chi connectivity index (χ4n) is 1.06. The summed E-state index contributed by atoms with van der Waals surface area (Å²) in [5.41, 5.74) is 1.00. The molecule has 1 rings (SSSR count). The van der Waals surface area contributed by atoms with Crippen molar-refractivity contribution in [2.24, 2.45) is 0 Å². The summed E-state index contributed by atoms with van der Waals surface area (Å²) in [6.45, 7) is 4.64. The summed E-state index contributed by atoms with van der Waals surface area (Å²) in [5.74, 6) is 0.155. The summed E-state index contributed by atoms with van der Waals surface area (Å²) >= 11 is 0. The lowest BCUT2D eigenvalue weighted by molar-refractivity contribution is 0.596. The van der Waals surface area contributed by atoms with Gasteiger partial charge in [-0.3, -0.25) is 0 Å². The molecule has 0 aliphatic heterocycles. The van der Waals surface area contributed by atoms with Gasteiger partial charge in [-0.05, 0) is 0 Å². The Hall–Kier alpha value is -1.14. The Bertz CT molecular complexity index is 422. The minimum Gasteiger partial charge on any atom is -0.312 e. The van der Waals surface area contributed by atoms with Crippen molar-refractivity contribution in [1.82, 2.24) is 15.1 Å². The van der Waals surface area contributed by atoms with Crippen LogP contribution in [0, 0.1) is 0 Å². The third-order valence-electron chi connectivity index (χ3n) is 1.82. The molecule has 0 spiro atoms. The molecule has 0 bridgehead atoms. The highest BCUT2D eigenvalue weighted by molar-refractivity contribution is 7.90. The summed E-state index contributed by atoms with van der Waals surface area (Å²) in [6, 6.07) is 0. The van der Waals surface area contributed by atoms with Crippen molar-refractivity contribution < 1.29 is 8.42 Å². The number of rotatable bonds is 6. The van der Waals surface area contributed by atoms with Crippen LogP contribution >= 0.6 is 0 Å². The van der Waals surface area contributed by atoms with Gasteiger partial charge in [0.1, 0.15) is 9.84 Å². The topological polar surface area (TPSA) is 64.0 Å². The zero-order valence-electron chi connectivity index (χ0n) is 8.68. The van der Waals surface area contributed by atoms with Crippen LogP contribution in [0.3, 0.4) is 0 Å². The SMILES string of the molecule is C=Cn1cc(CNCCS(C)(=O)=O)cn1. The summed E-state index contributed by atoms with van der Waals surface area (Å²) in [4.78, 5) is 0. The fourth-order valence-corrected chi connectivity index (χ4v) is 1.57. The van der Waals surface area contributed by atoms with Gasteiger partial charge in [-0.15, -0.1) is 0 Å². The van der Waals surface area contributed by atoms with Crippen molar-refractivity contribution in [2.45, 2.75) is 6.54 Å². The molecule has 0 fully saturated rings. The van der Waals surface area contributed by atoms with Crippen molar-refractivity contribution in [1.29, 1.82) is 0 Å². The highest BCUT2D eigenvalue weighted by Crippen LogP contribution is 1.96. The zero-order valence-corrected chi connectivity index (χ0v) is 9.50. The van der Waals surface area contributed by atoms with E-state index in [-0.39, 0.29) is 5.75 Å². The maximum absolute atomic E-state index is 10.8. The maximum atomic E-state index is 10.8. The largest absolute Gasteiger partial charge is 0.312 e. The average molecular weight is 229 g/mol. The van der Waals surface area contributed by atoms with Gasteiger partial charge in [-0.2, -0.15) is 5.10 Å². The lowest BCUT2D eigenvalue weighted by Gasteiger charge is -2.00. The van der Waals surface area contributed by atoms with E-state index in [9.17, 15) is 8.42 Å². The van der Waals surface area contributed by atoms with Crippen LogP contribution in [0.25, 0.3) is 6.20 Å². The number of hydrogen-bond acceptors (Lipinski definition) is 4. The molecule has 0 aromatic carbocycles. The molecule has 1 heterocycles. The maximum Gasteiger partial charge on any atom is 0.148 e. The number of hydrogen-bond donors (Lipinski definition) is 1. The van der Waals surface area contributed by atoms with Gasteiger partial charge >= 0.3 is 0 Å². The van der Waals surface area contributed by atoms with Crippen LogP contribution in [0.2, 0.25) is 0 Å². The lowest BCUT2D eigenvalue weighted by atomic mass is 10.3. The van der Waals surface area contributed by atoms with Gasteiger partial charge in [0.25, 0.3) is 0 Å². The van der Waals surface area contributed by atoms with Gasteiger partial charge < -0.3 is 5.32 Å². The quantitative estimate of drug-likeness (QED) is 0.704. The Balaban J connectivity index is 2.29. The Morgan fingerprint density at radius 2 is 2.40 bits per heavy atom. The normalized spacial score (nSPS) is 11.5. The molecule has 0 saturated carbocycles. The van der Waals surface area contributed by atoms with Crippen LogP contribution in [-0.2, 0) is 16.4 Å². The lowest BCUT2D eigenvalue weighted by Crippen LogP contribution is -2.21. The van der Waals surface area contributed by atoms with E-state index >= 15 is 0 Å². The van der Waals surface area contributed by atoms with Crippen LogP contribution < -0.4 is 5.32 Å². The molecule has 84 valence electrons. The van der Waals surface area contributed by atoms with E-state index in [1.165, 1.54) is 6.26 Å². The summed E-state index contributed by atoms with van der Waals surface area (Å²) in [7, 11) is -2.88. The van der Waals surface area contributed by atoms with E-state index in [0.717, 1.165) is 5.56 Å². The number of nitrogens with zero attached hydrogens (tertiary/aromatic N) is 2. The number of nitrogens with one attached hydrogen (secondary N) is 1. The minimum absolute atomic E-state index is 0.155. The van der Waals surface area contributed by atoms with E-state index in [0.29, 0.717) is 13.1 Å². The molecule has 1 N–H and O–H groups in total. The first-order chi connectivity index (χ1) is 7.01. The molecule has 0 aliphatic carbocycles. The van der Waals surface area contributed by atoms with Crippen molar-refractivity contribution in [2.75, 3.05) is 18.6 Å². The predicted molar refractivity (Wildman–Crippen MR) is 60.0 cm³/mol. The third kappa shape index (κ3) is 4.75. The first-order valence-electron chi connectivity index (χ1n) is 4.55. The van der Waals surface area contributed by atoms with Crippen LogP contribution in [0.15, 0.2) is 19.0 Å². The molecular formula is C9H15N3O2S. The van der Waals surface area contributed by atoms with Crippen LogP contribution in [-0.4, -0.2) is 36.8 Å². The van der Waals surface area contributed by atoms with E-state index in [4.69, 9.17) is 0 Å². The van der Waals surface area contributed by atoms with Gasteiger partial charge in [0.05, 0.1) is 11.9 Å². The Morgan fingerprint density at radius 1 is 1.67 bits per heavy atom. The third-order valence-corrected chi connectivity index (χ3v) is 2.77. The second-order valence-corrected chi connectivity index (χ2v) is 5.58. The molecule has 0 unspecified atom stereocenters. The number of sulfone groups is 1. The molecule has 0 saturated heterocycles. The van der Waals surface area contributed by atoms with Crippen molar-refractivity contribution in [3.8, 4) is 0 Å². The molecule has 1 aromatic heterocycles. The first kappa shape index (κ1) is 11.9. The van der Waals surface area contributed by atoms with E-state index in [1.807, 2.05) is 6.20 Å². The van der Waals surface area contributed by atoms with Crippen molar-refractivity contribution in [3.63, 3.8) is 0 Å². The molecule has 1 aromatic rings. The molecule has 0 radical (unpaired) electrons. The summed E-state index contributed by atoms with van der Waals surface area (Å²) in [6.07, 6.45) is 6.37. The molecule has 0 atom stereocenters. The molecular weight excluding hydrogens is 214 g/mol. The predicted octanol–water partition coefficient (Wildman–Crippen LogP) is 0.118. The van der Waals surface area contributed by atoms with E-state index in [2.05, 4.69) is 17.0 Å². The summed E-state index contributed by atoms with van der Waals surface area (Å²) < 4.78 is 23.3. The Morgan fingerprint density at radius 3 is 2.93 bits per heavy atom. The first-order valence-corrected chi connectivity index (χ1v) is 6.61. The highest BCUT2D eigenvalue weighted by Gasteiger charge is 2.01. The second-order valence-electron chi connectivity index (χ2n) is 3.32. The Labute approximate surface area is 89.7 Å². The molecule has 6 heteroatoms. The van der Waals surface area contributed by atoms with Crippen LogP contribution in [0.5, 0.6) is 0 Å². The van der Waals surface area contributed by atoms with Gasteiger partial charge in [-0.25, -0.2) is 13.1 Å². The molecule has 0 aliphatic rings. The highest BCUT2D eigenvalue weighted by atomic mass is 32.2. The van der Waals surface area contributed by atoms with Crippen molar-refractivity contribution in [3.05, 3.63) is 24.5 Å². The monoisotopic (exact) mass is 229 g/mol.